The summed E-state index contributed by atoms with van der Waals surface area (Å²) in [4.78, 5) is 0. The molecule has 0 aliphatic rings. The van der Waals surface area contributed by atoms with Gasteiger partial charge in [0.05, 0.1) is 0 Å². The molecule has 0 atom stereocenters. The Kier molecular flexibility index (Phi) is 5.06. The summed E-state index contributed by atoms with van der Waals surface area (Å²) >= 11 is 0. The average molecular weight is 318 g/mol. The molecule has 0 spiro atoms. The first kappa shape index (κ1) is 15.7. The molecule has 0 amide bonds. The first-order valence-electron chi connectivity index (χ1n) is 8.14. The van der Waals surface area contributed by atoms with Crippen LogP contribution in [0, 0.1) is 0 Å². The molecule has 3 rings (SSSR count). The number of hydrogen-bond acceptors (Lipinski definition) is 1. The summed E-state index contributed by atoms with van der Waals surface area (Å²) in [6.45, 7) is 2.82. The maximum absolute atomic E-state index is 6.54. The van der Waals surface area contributed by atoms with Crippen LogP contribution in [0.1, 0.15) is 12.5 Å². The van der Waals surface area contributed by atoms with E-state index < -0.39 is 8.32 Å². The van der Waals surface area contributed by atoms with Crippen LogP contribution in [0.3, 0.4) is 0 Å². The fourth-order valence-electron chi connectivity index (χ4n) is 3.13. The fourth-order valence-corrected chi connectivity index (χ4v) is 7.08. The molecule has 0 bridgehead atoms. The highest BCUT2D eigenvalue weighted by atomic mass is 28.4. The molecule has 0 N–H and O–H groups in total. The SMILES string of the molecule is CCO[Si](Cc1ccccc1)(c1ccccc1)c1ccccc1. The van der Waals surface area contributed by atoms with Crippen LogP contribution in [0.25, 0.3) is 0 Å². The van der Waals surface area contributed by atoms with Crippen LogP contribution in [-0.4, -0.2) is 14.9 Å². The molecule has 116 valence electrons. The molecule has 3 aromatic carbocycles. The van der Waals surface area contributed by atoms with E-state index in [1.165, 1.54) is 15.9 Å². The summed E-state index contributed by atoms with van der Waals surface area (Å²) < 4.78 is 6.54. The predicted molar refractivity (Wildman–Crippen MR) is 99.7 cm³/mol. The highest BCUT2D eigenvalue weighted by Gasteiger charge is 2.39. The molecule has 23 heavy (non-hydrogen) atoms. The Morgan fingerprint density at radius 1 is 0.652 bits per heavy atom. The number of rotatable bonds is 6. The zero-order valence-corrected chi connectivity index (χ0v) is 14.5. The van der Waals surface area contributed by atoms with Gasteiger partial charge in [0.15, 0.2) is 0 Å². The first-order valence-corrected chi connectivity index (χ1v) is 10.3. The van der Waals surface area contributed by atoms with Crippen molar-refractivity contribution in [2.24, 2.45) is 0 Å². The lowest BCUT2D eigenvalue weighted by atomic mass is 10.2. The smallest absolute Gasteiger partial charge is 0.259 e. The van der Waals surface area contributed by atoms with Gasteiger partial charge in [-0.2, -0.15) is 0 Å². The standard InChI is InChI=1S/C21H22OSi/c1-2-22-23(20-14-8-4-9-15-20,21-16-10-5-11-17-21)18-19-12-6-3-7-13-19/h3-17H,2,18H2,1H3. The van der Waals surface area contributed by atoms with Crippen molar-refractivity contribution in [2.45, 2.75) is 13.0 Å². The highest BCUT2D eigenvalue weighted by molar-refractivity contribution is 6.97. The lowest BCUT2D eigenvalue weighted by Gasteiger charge is -2.32. The fraction of sp³-hybridized carbons (Fsp3) is 0.143. The molecule has 0 aliphatic heterocycles. The summed E-state index contributed by atoms with van der Waals surface area (Å²) in [6.07, 6.45) is 0. The van der Waals surface area contributed by atoms with E-state index in [0.29, 0.717) is 0 Å². The Bertz CT molecular complexity index is 671. The summed E-state index contributed by atoms with van der Waals surface area (Å²) in [7, 11) is -2.29. The quantitative estimate of drug-likeness (QED) is 0.631. The Balaban J connectivity index is 2.14. The van der Waals surface area contributed by atoms with Gasteiger partial charge in [0.25, 0.3) is 8.32 Å². The van der Waals surface area contributed by atoms with Gasteiger partial charge in [-0.15, -0.1) is 0 Å². The molecular formula is C21H22OSi. The van der Waals surface area contributed by atoms with Gasteiger partial charge in [-0.25, -0.2) is 0 Å². The summed E-state index contributed by atoms with van der Waals surface area (Å²) in [6, 6.07) is 33.1. The second-order valence-electron chi connectivity index (χ2n) is 5.65. The third-order valence-corrected chi connectivity index (χ3v) is 8.39. The zero-order chi connectivity index (χ0) is 16.0. The molecule has 0 aliphatic carbocycles. The van der Waals surface area contributed by atoms with Gasteiger partial charge in [-0.05, 0) is 28.9 Å². The summed E-state index contributed by atoms with van der Waals surface area (Å²) in [5.74, 6) is 0. The van der Waals surface area contributed by atoms with Crippen molar-refractivity contribution >= 4 is 18.7 Å². The summed E-state index contributed by atoms with van der Waals surface area (Å²) in [5.41, 5.74) is 1.33. The van der Waals surface area contributed by atoms with E-state index in [1.54, 1.807) is 0 Å². The molecule has 2 heteroatoms. The van der Waals surface area contributed by atoms with Gasteiger partial charge in [0.2, 0.25) is 0 Å². The maximum Gasteiger partial charge on any atom is 0.259 e. The molecule has 3 aromatic rings. The Morgan fingerprint density at radius 2 is 1.09 bits per heavy atom. The molecule has 0 heterocycles. The van der Waals surface area contributed by atoms with E-state index in [2.05, 4.69) is 97.9 Å². The molecule has 0 saturated carbocycles. The van der Waals surface area contributed by atoms with Gasteiger partial charge < -0.3 is 4.43 Å². The van der Waals surface area contributed by atoms with Crippen LogP contribution in [0.4, 0.5) is 0 Å². The van der Waals surface area contributed by atoms with Crippen LogP contribution in [0.5, 0.6) is 0 Å². The minimum atomic E-state index is -2.29. The zero-order valence-electron chi connectivity index (χ0n) is 13.5. The topological polar surface area (TPSA) is 9.23 Å². The minimum absolute atomic E-state index is 0.725. The summed E-state index contributed by atoms with van der Waals surface area (Å²) in [5, 5.41) is 2.66. The number of benzene rings is 3. The molecule has 0 aromatic heterocycles. The Morgan fingerprint density at radius 3 is 1.52 bits per heavy atom. The second kappa shape index (κ2) is 7.40. The van der Waals surface area contributed by atoms with Gasteiger partial charge in [-0.3, -0.25) is 0 Å². The largest absolute Gasteiger partial charge is 0.408 e. The minimum Gasteiger partial charge on any atom is -0.408 e. The highest BCUT2D eigenvalue weighted by Crippen LogP contribution is 2.15. The van der Waals surface area contributed by atoms with Crippen LogP contribution in [-0.2, 0) is 10.5 Å². The van der Waals surface area contributed by atoms with Crippen molar-refractivity contribution < 1.29 is 4.43 Å². The van der Waals surface area contributed by atoms with Gasteiger partial charge in [0, 0.05) is 6.61 Å². The second-order valence-corrected chi connectivity index (χ2v) is 9.11. The molecule has 0 saturated heterocycles. The van der Waals surface area contributed by atoms with E-state index >= 15 is 0 Å². The normalized spacial score (nSPS) is 11.3. The van der Waals surface area contributed by atoms with Gasteiger partial charge in [-0.1, -0.05) is 91.0 Å². The van der Waals surface area contributed by atoms with Crippen molar-refractivity contribution in [3.8, 4) is 0 Å². The van der Waals surface area contributed by atoms with Crippen LogP contribution >= 0.6 is 0 Å². The molecular weight excluding hydrogens is 296 g/mol. The van der Waals surface area contributed by atoms with Crippen molar-refractivity contribution in [3.05, 3.63) is 96.6 Å². The molecule has 1 nitrogen and oxygen atoms in total. The van der Waals surface area contributed by atoms with E-state index in [-0.39, 0.29) is 0 Å². The average Bonchev–Trinajstić information content (AvgIpc) is 2.64. The van der Waals surface area contributed by atoms with E-state index in [0.717, 1.165) is 12.7 Å². The first-order chi connectivity index (χ1) is 11.3. The maximum atomic E-state index is 6.54. The Labute approximate surface area is 139 Å². The third-order valence-electron chi connectivity index (χ3n) is 4.17. The molecule has 0 fully saturated rings. The molecule has 0 unspecified atom stereocenters. The monoisotopic (exact) mass is 318 g/mol. The van der Waals surface area contributed by atoms with Gasteiger partial charge >= 0.3 is 0 Å². The van der Waals surface area contributed by atoms with E-state index in [9.17, 15) is 0 Å². The van der Waals surface area contributed by atoms with E-state index in [4.69, 9.17) is 4.43 Å². The van der Waals surface area contributed by atoms with Crippen molar-refractivity contribution in [1.29, 1.82) is 0 Å². The van der Waals surface area contributed by atoms with E-state index in [1.807, 2.05) is 0 Å². The van der Waals surface area contributed by atoms with Crippen molar-refractivity contribution in [3.63, 3.8) is 0 Å². The lowest BCUT2D eigenvalue weighted by molar-refractivity contribution is 0.338. The van der Waals surface area contributed by atoms with Crippen molar-refractivity contribution in [2.75, 3.05) is 6.61 Å². The lowest BCUT2D eigenvalue weighted by Crippen LogP contribution is -2.62. The molecule has 0 radical (unpaired) electrons. The number of hydrogen-bond donors (Lipinski definition) is 0. The predicted octanol–water partition coefficient (Wildman–Crippen LogP) is 3.56. The van der Waals surface area contributed by atoms with Crippen LogP contribution in [0.15, 0.2) is 91.0 Å². The van der Waals surface area contributed by atoms with Gasteiger partial charge in [0.1, 0.15) is 0 Å². The van der Waals surface area contributed by atoms with Crippen LogP contribution in [0.2, 0.25) is 0 Å². The van der Waals surface area contributed by atoms with Crippen LogP contribution < -0.4 is 10.4 Å². The van der Waals surface area contributed by atoms with Crippen molar-refractivity contribution in [1.82, 2.24) is 0 Å². The Hall–Kier alpha value is -2.16. The third kappa shape index (κ3) is 3.44.